The van der Waals surface area contributed by atoms with Crippen molar-refractivity contribution >= 4 is 11.6 Å². The fourth-order valence-electron chi connectivity index (χ4n) is 1.28. The number of nitrogens with zero attached hydrogens (tertiary/aromatic N) is 1. The Kier molecular flexibility index (Phi) is 3.51. The first-order valence-electron chi connectivity index (χ1n) is 4.51. The summed E-state index contributed by atoms with van der Waals surface area (Å²) in [5.41, 5.74) is 7.41. The first-order valence-corrected chi connectivity index (χ1v) is 4.89. The van der Waals surface area contributed by atoms with E-state index in [0.29, 0.717) is 16.5 Å². The summed E-state index contributed by atoms with van der Waals surface area (Å²) in [5, 5.41) is 9.48. The smallest absolute Gasteiger partial charge is 0.0995 e. The quantitative estimate of drug-likeness (QED) is 0.813. The molecule has 1 unspecified atom stereocenters. The summed E-state index contributed by atoms with van der Waals surface area (Å²) in [5.74, 6) is 0.309. The molecule has 0 radical (unpaired) electrons. The van der Waals surface area contributed by atoms with Crippen LogP contribution in [0.3, 0.4) is 0 Å². The van der Waals surface area contributed by atoms with Crippen LogP contribution in [-0.4, -0.2) is 0 Å². The highest BCUT2D eigenvalue weighted by Crippen LogP contribution is 2.24. The molecule has 0 fully saturated rings. The van der Waals surface area contributed by atoms with E-state index < -0.39 is 0 Å². The van der Waals surface area contributed by atoms with Crippen LogP contribution in [0, 0.1) is 17.2 Å². The maximum atomic E-state index is 8.91. The molecule has 0 bridgehead atoms. The summed E-state index contributed by atoms with van der Waals surface area (Å²) in [6.07, 6.45) is 0. The van der Waals surface area contributed by atoms with Crippen molar-refractivity contribution in [1.82, 2.24) is 0 Å². The highest BCUT2D eigenvalue weighted by Gasteiger charge is 2.14. The highest BCUT2D eigenvalue weighted by atomic mass is 35.5. The Labute approximate surface area is 89.3 Å². The lowest BCUT2D eigenvalue weighted by molar-refractivity contribution is 0.513. The van der Waals surface area contributed by atoms with Crippen LogP contribution < -0.4 is 5.73 Å². The average molecular weight is 209 g/mol. The average Bonchev–Trinajstić information content (AvgIpc) is 2.16. The van der Waals surface area contributed by atoms with Crippen LogP contribution in [0.5, 0.6) is 0 Å². The van der Waals surface area contributed by atoms with Crippen LogP contribution in [0.2, 0.25) is 5.02 Å². The number of benzene rings is 1. The highest BCUT2D eigenvalue weighted by molar-refractivity contribution is 6.30. The van der Waals surface area contributed by atoms with Gasteiger partial charge in [0.05, 0.1) is 11.6 Å². The van der Waals surface area contributed by atoms with Crippen LogP contribution in [0.25, 0.3) is 0 Å². The van der Waals surface area contributed by atoms with Crippen LogP contribution in [0.15, 0.2) is 18.2 Å². The van der Waals surface area contributed by atoms with E-state index in [9.17, 15) is 0 Å². The van der Waals surface area contributed by atoms with Crippen molar-refractivity contribution in [2.24, 2.45) is 11.7 Å². The van der Waals surface area contributed by atoms with E-state index in [1.165, 1.54) is 0 Å². The standard InChI is InChI=1S/C11H13ClN2/c1-7(2)11(14)10-4-3-9(12)5-8(10)6-13/h3-5,7,11H,14H2,1-2H3. The molecule has 2 N–H and O–H groups in total. The second-order valence-corrected chi connectivity index (χ2v) is 4.05. The van der Waals surface area contributed by atoms with Crippen molar-refractivity contribution in [3.05, 3.63) is 34.3 Å². The number of rotatable bonds is 2. The summed E-state index contributed by atoms with van der Waals surface area (Å²) in [6.45, 7) is 4.06. The Balaban J connectivity index is 3.16. The number of nitriles is 1. The molecule has 0 amide bonds. The van der Waals surface area contributed by atoms with Gasteiger partial charge in [-0.25, -0.2) is 0 Å². The molecule has 2 nitrogen and oxygen atoms in total. The van der Waals surface area contributed by atoms with Crippen molar-refractivity contribution in [1.29, 1.82) is 5.26 Å². The molecule has 1 atom stereocenters. The summed E-state index contributed by atoms with van der Waals surface area (Å²) < 4.78 is 0. The molecule has 0 heterocycles. The van der Waals surface area contributed by atoms with Gasteiger partial charge in [0.15, 0.2) is 0 Å². The topological polar surface area (TPSA) is 49.8 Å². The second kappa shape index (κ2) is 4.45. The minimum Gasteiger partial charge on any atom is -0.324 e. The van der Waals surface area contributed by atoms with Gasteiger partial charge >= 0.3 is 0 Å². The molecule has 0 aliphatic rings. The minimum absolute atomic E-state index is 0.109. The lowest BCUT2D eigenvalue weighted by Gasteiger charge is -2.17. The van der Waals surface area contributed by atoms with E-state index in [1.807, 2.05) is 19.9 Å². The Bertz CT molecular complexity index is 366. The van der Waals surface area contributed by atoms with Gasteiger partial charge in [-0.1, -0.05) is 31.5 Å². The van der Waals surface area contributed by atoms with Crippen molar-refractivity contribution in [3.8, 4) is 6.07 Å². The van der Waals surface area contributed by atoms with Crippen molar-refractivity contribution in [3.63, 3.8) is 0 Å². The van der Waals surface area contributed by atoms with E-state index in [0.717, 1.165) is 5.56 Å². The molecule has 1 aromatic carbocycles. The molecule has 0 saturated heterocycles. The molecule has 1 rings (SSSR count). The van der Waals surface area contributed by atoms with Gasteiger partial charge < -0.3 is 5.73 Å². The predicted molar refractivity (Wildman–Crippen MR) is 57.9 cm³/mol. The molecule has 1 aromatic rings. The fraction of sp³-hybridized carbons (Fsp3) is 0.364. The minimum atomic E-state index is -0.109. The monoisotopic (exact) mass is 208 g/mol. The summed E-state index contributed by atoms with van der Waals surface area (Å²) in [6, 6.07) is 7.24. The molecule has 3 heteroatoms. The molecule has 0 aliphatic carbocycles. The first kappa shape index (κ1) is 11.0. The Morgan fingerprint density at radius 1 is 1.43 bits per heavy atom. The molecule has 0 aliphatic heterocycles. The van der Waals surface area contributed by atoms with E-state index in [1.54, 1.807) is 12.1 Å². The second-order valence-electron chi connectivity index (χ2n) is 3.61. The van der Waals surface area contributed by atoms with Gasteiger partial charge in [0.25, 0.3) is 0 Å². The maximum absolute atomic E-state index is 8.91. The number of halogens is 1. The largest absolute Gasteiger partial charge is 0.324 e. The van der Waals surface area contributed by atoms with Gasteiger partial charge in [-0.05, 0) is 23.6 Å². The molecule has 0 aromatic heterocycles. The molecule has 74 valence electrons. The fourth-order valence-corrected chi connectivity index (χ4v) is 1.45. The Morgan fingerprint density at radius 3 is 2.57 bits per heavy atom. The van der Waals surface area contributed by atoms with Crippen LogP contribution >= 0.6 is 11.6 Å². The molecule has 0 spiro atoms. The van der Waals surface area contributed by atoms with Gasteiger partial charge in [-0.2, -0.15) is 5.26 Å². The number of hydrogen-bond donors (Lipinski definition) is 1. The summed E-state index contributed by atoms with van der Waals surface area (Å²) >= 11 is 5.79. The van der Waals surface area contributed by atoms with Gasteiger partial charge in [-0.3, -0.25) is 0 Å². The van der Waals surface area contributed by atoms with E-state index >= 15 is 0 Å². The van der Waals surface area contributed by atoms with E-state index in [4.69, 9.17) is 22.6 Å². The third kappa shape index (κ3) is 2.25. The third-order valence-corrected chi connectivity index (χ3v) is 2.45. The van der Waals surface area contributed by atoms with Crippen molar-refractivity contribution in [2.45, 2.75) is 19.9 Å². The molecule has 14 heavy (non-hydrogen) atoms. The lowest BCUT2D eigenvalue weighted by atomic mass is 9.93. The Hall–Kier alpha value is -1.04. The maximum Gasteiger partial charge on any atom is 0.0995 e. The zero-order valence-electron chi connectivity index (χ0n) is 8.29. The van der Waals surface area contributed by atoms with Crippen LogP contribution in [-0.2, 0) is 0 Å². The lowest BCUT2D eigenvalue weighted by Crippen LogP contribution is -2.17. The Morgan fingerprint density at radius 2 is 2.07 bits per heavy atom. The number of nitrogens with two attached hydrogens (primary N) is 1. The van der Waals surface area contributed by atoms with Gasteiger partial charge in [-0.15, -0.1) is 0 Å². The SMILES string of the molecule is CC(C)C(N)c1ccc(Cl)cc1C#N. The van der Waals surface area contributed by atoms with Crippen LogP contribution in [0.1, 0.15) is 31.0 Å². The molecular weight excluding hydrogens is 196 g/mol. The van der Waals surface area contributed by atoms with Crippen LogP contribution in [0.4, 0.5) is 0 Å². The number of hydrogen-bond acceptors (Lipinski definition) is 2. The van der Waals surface area contributed by atoms with Crippen molar-refractivity contribution < 1.29 is 0 Å². The zero-order valence-corrected chi connectivity index (χ0v) is 9.05. The molecule has 0 saturated carbocycles. The zero-order chi connectivity index (χ0) is 10.7. The van der Waals surface area contributed by atoms with E-state index in [2.05, 4.69) is 6.07 Å². The van der Waals surface area contributed by atoms with E-state index in [-0.39, 0.29) is 6.04 Å². The van der Waals surface area contributed by atoms with Gasteiger partial charge in [0.2, 0.25) is 0 Å². The predicted octanol–water partition coefficient (Wildman–Crippen LogP) is 2.87. The normalized spacial score (nSPS) is 12.6. The van der Waals surface area contributed by atoms with Crippen molar-refractivity contribution in [2.75, 3.05) is 0 Å². The molecular formula is C11H13ClN2. The first-order chi connectivity index (χ1) is 6.56. The van der Waals surface area contributed by atoms with Gasteiger partial charge in [0, 0.05) is 11.1 Å². The summed E-state index contributed by atoms with van der Waals surface area (Å²) in [4.78, 5) is 0. The summed E-state index contributed by atoms with van der Waals surface area (Å²) in [7, 11) is 0. The van der Waals surface area contributed by atoms with Gasteiger partial charge in [0.1, 0.15) is 0 Å². The third-order valence-electron chi connectivity index (χ3n) is 2.21.